The number of hydrogen-bond donors (Lipinski definition) is 1. The van der Waals surface area contributed by atoms with Crippen LogP contribution >= 0.6 is 0 Å². The van der Waals surface area contributed by atoms with Crippen LogP contribution < -0.4 is 14.8 Å². The van der Waals surface area contributed by atoms with E-state index < -0.39 is 11.9 Å². The van der Waals surface area contributed by atoms with Crippen molar-refractivity contribution in [3.8, 4) is 11.5 Å². The maximum atomic E-state index is 12.5. The van der Waals surface area contributed by atoms with E-state index >= 15 is 0 Å². The minimum atomic E-state index is -0.618. The highest BCUT2D eigenvalue weighted by Gasteiger charge is 2.15. The number of carbonyl (C=O) groups excluding carboxylic acids is 2. The molecule has 1 amide bonds. The van der Waals surface area contributed by atoms with Gasteiger partial charge in [0.05, 0.1) is 7.11 Å². The number of carbonyl (C=O) groups is 2. The molecule has 0 atom stereocenters. The Kier molecular flexibility index (Phi) is 7.65. The van der Waals surface area contributed by atoms with Crippen molar-refractivity contribution in [3.05, 3.63) is 95.1 Å². The fraction of sp³-hybridized carbons (Fsp3) is 0.200. The van der Waals surface area contributed by atoms with Gasteiger partial charge in [-0.3, -0.25) is 4.79 Å². The van der Waals surface area contributed by atoms with Gasteiger partial charge in [0.25, 0.3) is 5.91 Å². The van der Waals surface area contributed by atoms with E-state index in [0.29, 0.717) is 18.1 Å². The second kappa shape index (κ2) is 10.8. The molecule has 0 aromatic heterocycles. The van der Waals surface area contributed by atoms with E-state index in [1.165, 1.54) is 0 Å². The molecule has 0 saturated carbocycles. The number of ether oxygens (including phenoxy) is 3. The van der Waals surface area contributed by atoms with Gasteiger partial charge < -0.3 is 19.5 Å². The number of methoxy groups -OCH3 is 1. The molecule has 0 saturated heterocycles. The van der Waals surface area contributed by atoms with Gasteiger partial charge in [-0.15, -0.1) is 0 Å². The Balaban J connectivity index is 1.53. The molecule has 3 aromatic rings. The third-order valence-corrected chi connectivity index (χ3v) is 4.59. The van der Waals surface area contributed by atoms with Gasteiger partial charge in [0.15, 0.2) is 6.61 Å². The van der Waals surface area contributed by atoms with Crippen molar-refractivity contribution < 1.29 is 23.8 Å². The van der Waals surface area contributed by atoms with Crippen LogP contribution in [0.1, 0.15) is 27.0 Å². The standard InChI is InChI=1S/C25H25NO5/c1-18-8-7-9-19(14-18)16-30-23-13-6-4-11-21(23)25(28)31-17-24(27)26-15-20-10-3-5-12-22(20)29-2/h3-14H,15-17H2,1-2H3,(H,26,27). The van der Waals surface area contributed by atoms with Crippen LogP contribution in [0, 0.1) is 6.92 Å². The highest BCUT2D eigenvalue weighted by Crippen LogP contribution is 2.21. The van der Waals surface area contributed by atoms with Crippen LogP contribution in [0.5, 0.6) is 11.5 Å². The van der Waals surface area contributed by atoms with Crippen LogP contribution in [0.4, 0.5) is 0 Å². The summed E-state index contributed by atoms with van der Waals surface area (Å²) < 4.78 is 16.3. The van der Waals surface area contributed by atoms with Gasteiger partial charge in [0.1, 0.15) is 23.7 Å². The number of esters is 1. The van der Waals surface area contributed by atoms with Crippen molar-refractivity contribution >= 4 is 11.9 Å². The first-order valence-corrected chi connectivity index (χ1v) is 9.90. The monoisotopic (exact) mass is 419 g/mol. The molecule has 0 aliphatic heterocycles. The molecule has 0 unspecified atom stereocenters. The molecule has 0 aliphatic carbocycles. The molecule has 1 N–H and O–H groups in total. The predicted octanol–water partition coefficient (Wildman–Crippen LogP) is 4.06. The van der Waals surface area contributed by atoms with E-state index in [1.807, 2.05) is 55.5 Å². The second-order valence-electron chi connectivity index (χ2n) is 6.94. The van der Waals surface area contributed by atoms with Crippen molar-refractivity contribution in [1.82, 2.24) is 5.32 Å². The smallest absolute Gasteiger partial charge is 0.342 e. The summed E-state index contributed by atoms with van der Waals surface area (Å²) in [5, 5.41) is 2.72. The number of para-hydroxylation sites is 2. The van der Waals surface area contributed by atoms with Crippen LogP contribution in [-0.2, 0) is 22.7 Å². The Bertz CT molecular complexity index is 1050. The first-order valence-electron chi connectivity index (χ1n) is 9.90. The molecule has 0 aliphatic rings. The summed E-state index contributed by atoms with van der Waals surface area (Å²) in [5.41, 5.74) is 3.24. The first-order chi connectivity index (χ1) is 15.1. The Morgan fingerprint density at radius 3 is 2.42 bits per heavy atom. The van der Waals surface area contributed by atoms with Gasteiger partial charge in [0.2, 0.25) is 0 Å². The minimum Gasteiger partial charge on any atom is -0.496 e. The zero-order valence-electron chi connectivity index (χ0n) is 17.6. The van der Waals surface area contributed by atoms with Crippen molar-refractivity contribution in [2.75, 3.05) is 13.7 Å². The zero-order valence-corrected chi connectivity index (χ0v) is 17.6. The molecule has 160 valence electrons. The van der Waals surface area contributed by atoms with Gasteiger partial charge in [-0.25, -0.2) is 4.79 Å². The van der Waals surface area contributed by atoms with Crippen LogP contribution in [-0.4, -0.2) is 25.6 Å². The van der Waals surface area contributed by atoms with E-state index in [2.05, 4.69) is 5.32 Å². The van der Waals surface area contributed by atoms with E-state index in [-0.39, 0.29) is 18.7 Å². The number of amides is 1. The van der Waals surface area contributed by atoms with Crippen molar-refractivity contribution in [2.24, 2.45) is 0 Å². The minimum absolute atomic E-state index is 0.271. The van der Waals surface area contributed by atoms with Crippen LogP contribution in [0.15, 0.2) is 72.8 Å². The third-order valence-electron chi connectivity index (χ3n) is 4.59. The maximum Gasteiger partial charge on any atom is 0.342 e. The van der Waals surface area contributed by atoms with E-state index in [9.17, 15) is 9.59 Å². The Morgan fingerprint density at radius 2 is 1.65 bits per heavy atom. The van der Waals surface area contributed by atoms with Crippen LogP contribution in [0.25, 0.3) is 0 Å². The molecule has 0 radical (unpaired) electrons. The predicted molar refractivity (Wildman–Crippen MR) is 117 cm³/mol. The maximum absolute atomic E-state index is 12.5. The molecular weight excluding hydrogens is 394 g/mol. The summed E-state index contributed by atoms with van der Waals surface area (Å²) >= 11 is 0. The van der Waals surface area contributed by atoms with Gasteiger partial charge in [-0.1, -0.05) is 60.2 Å². The lowest BCUT2D eigenvalue weighted by Gasteiger charge is -2.12. The van der Waals surface area contributed by atoms with E-state index in [1.54, 1.807) is 31.4 Å². The molecule has 31 heavy (non-hydrogen) atoms. The normalized spacial score (nSPS) is 10.3. The van der Waals surface area contributed by atoms with Gasteiger partial charge in [0, 0.05) is 12.1 Å². The summed E-state index contributed by atoms with van der Waals surface area (Å²) in [7, 11) is 1.57. The van der Waals surface area contributed by atoms with Crippen LogP contribution in [0.2, 0.25) is 0 Å². The topological polar surface area (TPSA) is 73.9 Å². The molecule has 6 nitrogen and oxygen atoms in total. The van der Waals surface area contributed by atoms with E-state index in [0.717, 1.165) is 16.7 Å². The summed E-state index contributed by atoms with van der Waals surface area (Å²) in [6.45, 7) is 2.22. The SMILES string of the molecule is COc1ccccc1CNC(=O)COC(=O)c1ccccc1OCc1cccc(C)c1. The quantitative estimate of drug-likeness (QED) is 0.530. The first kappa shape index (κ1) is 21.9. The highest BCUT2D eigenvalue weighted by molar-refractivity contribution is 5.94. The fourth-order valence-corrected chi connectivity index (χ4v) is 3.03. The molecular formula is C25H25NO5. The van der Waals surface area contributed by atoms with Crippen molar-refractivity contribution in [1.29, 1.82) is 0 Å². The van der Waals surface area contributed by atoms with Gasteiger partial charge in [-0.05, 0) is 30.7 Å². The molecule has 0 bridgehead atoms. The molecule has 3 rings (SSSR count). The van der Waals surface area contributed by atoms with Gasteiger partial charge in [-0.2, -0.15) is 0 Å². The molecule has 0 heterocycles. The number of aryl methyl sites for hydroxylation is 1. The van der Waals surface area contributed by atoms with Crippen molar-refractivity contribution in [2.45, 2.75) is 20.1 Å². The number of nitrogens with one attached hydrogen (secondary N) is 1. The average molecular weight is 419 g/mol. The summed E-state index contributed by atoms with van der Waals surface area (Å²) in [6, 6.07) is 22.1. The molecule has 6 heteroatoms. The third kappa shape index (κ3) is 6.34. The lowest BCUT2D eigenvalue weighted by Crippen LogP contribution is -2.28. The fourth-order valence-electron chi connectivity index (χ4n) is 3.03. The molecule has 0 spiro atoms. The molecule has 3 aromatic carbocycles. The van der Waals surface area contributed by atoms with E-state index in [4.69, 9.17) is 14.2 Å². The highest BCUT2D eigenvalue weighted by atomic mass is 16.5. The summed E-state index contributed by atoms with van der Waals surface area (Å²) in [6.07, 6.45) is 0. The Hall–Kier alpha value is -3.80. The largest absolute Gasteiger partial charge is 0.496 e. The number of benzene rings is 3. The zero-order chi connectivity index (χ0) is 22.1. The lowest BCUT2D eigenvalue weighted by molar-refractivity contribution is -0.124. The number of rotatable bonds is 9. The van der Waals surface area contributed by atoms with Crippen molar-refractivity contribution in [3.63, 3.8) is 0 Å². The average Bonchev–Trinajstić information content (AvgIpc) is 2.80. The Morgan fingerprint density at radius 1 is 0.903 bits per heavy atom. The molecule has 0 fully saturated rings. The summed E-state index contributed by atoms with van der Waals surface area (Å²) in [5.74, 6) is 0.0626. The second-order valence-corrected chi connectivity index (χ2v) is 6.94. The van der Waals surface area contributed by atoms with Gasteiger partial charge >= 0.3 is 5.97 Å². The lowest BCUT2D eigenvalue weighted by atomic mass is 10.1. The summed E-state index contributed by atoms with van der Waals surface area (Å²) in [4.78, 5) is 24.6. The van der Waals surface area contributed by atoms with Crippen LogP contribution in [0.3, 0.4) is 0 Å². The Labute approximate surface area is 181 Å². The number of hydrogen-bond acceptors (Lipinski definition) is 5.